The minimum absolute atomic E-state index is 0.364. The second-order valence-corrected chi connectivity index (χ2v) is 10.2. The summed E-state index contributed by atoms with van der Waals surface area (Å²) in [5.74, 6) is 2.98. The molecule has 1 heterocycles. The average molecular weight is 409 g/mol. The Kier molecular flexibility index (Phi) is 8.98. The van der Waals surface area contributed by atoms with E-state index in [1.54, 1.807) is 17.3 Å². The van der Waals surface area contributed by atoms with Gasteiger partial charge in [-0.1, -0.05) is 54.9 Å². The van der Waals surface area contributed by atoms with Gasteiger partial charge < -0.3 is 10.2 Å². The van der Waals surface area contributed by atoms with Gasteiger partial charge in [-0.15, -0.1) is 0 Å². The predicted molar refractivity (Wildman–Crippen MR) is 120 cm³/mol. The van der Waals surface area contributed by atoms with Crippen molar-refractivity contribution < 1.29 is 4.79 Å². The number of nitrogens with zero attached hydrogens (tertiary/aromatic N) is 1. The number of likely N-dealkylation sites (tertiary alicyclic amines) is 1. The van der Waals surface area contributed by atoms with Crippen LogP contribution in [0, 0.1) is 11.8 Å². The van der Waals surface area contributed by atoms with Crippen molar-refractivity contribution in [3.8, 4) is 0 Å². The standard InChI is InChI=1S/C22H36N2OS2/c25-21(24-15-13-19-9-4-5-10-20(19)17-24)11-6-16-27-22(26)23-14-12-18-7-2-1-3-8-18/h7,19-20H,1-6,8-17H2,(H,23,26). The van der Waals surface area contributed by atoms with Crippen LogP contribution in [0.15, 0.2) is 11.6 Å². The lowest BCUT2D eigenvalue weighted by molar-refractivity contribution is -0.134. The number of allylic oxidation sites excluding steroid dienone is 1. The van der Waals surface area contributed by atoms with Crippen LogP contribution in [-0.4, -0.2) is 40.5 Å². The van der Waals surface area contributed by atoms with E-state index in [2.05, 4.69) is 16.3 Å². The fourth-order valence-electron chi connectivity index (χ4n) is 4.88. The zero-order valence-corrected chi connectivity index (χ0v) is 18.4. The SMILES string of the molecule is O=C(CCCSC(=S)NCCC1=CCCCC1)N1CCC2CCCCC2C1. The van der Waals surface area contributed by atoms with Gasteiger partial charge in [-0.2, -0.15) is 0 Å². The number of thiocarbonyl (C=S) groups is 1. The number of carbonyl (C=O) groups is 1. The van der Waals surface area contributed by atoms with Crippen molar-refractivity contribution in [3.63, 3.8) is 0 Å². The molecule has 3 aliphatic rings. The summed E-state index contributed by atoms with van der Waals surface area (Å²) in [6, 6.07) is 0. The fraction of sp³-hybridized carbons (Fsp3) is 0.818. The minimum atomic E-state index is 0.364. The molecule has 0 spiro atoms. The van der Waals surface area contributed by atoms with Crippen LogP contribution in [-0.2, 0) is 4.79 Å². The van der Waals surface area contributed by atoms with Gasteiger partial charge in [-0.25, -0.2) is 0 Å². The molecule has 1 saturated carbocycles. The number of rotatable bonds is 7. The van der Waals surface area contributed by atoms with Crippen molar-refractivity contribution in [2.45, 2.75) is 77.0 Å². The van der Waals surface area contributed by atoms with Crippen LogP contribution < -0.4 is 5.32 Å². The Bertz CT molecular complexity index is 534. The largest absolute Gasteiger partial charge is 0.371 e. The van der Waals surface area contributed by atoms with Crippen LogP contribution in [0.3, 0.4) is 0 Å². The Morgan fingerprint density at radius 2 is 2.04 bits per heavy atom. The summed E-state index contributed by atoms with van der Waals surface area (Å²) in [6.07, 6.45) is 17.1. The van der Waals surface area contributed by atoms with Crippen molar-refractivity contribution in [1.29, 1.82) is 0 Å². The molecule has 1 aliphatic heterocycles. The summed E-state index contributed by atoms with van der Waals surface area (Å²) in [5.41, 5.74) is 1.59. The highest BCUT2D eigenvalue weighted by molar-refractivity contribution is 8.22. The maximum absolute atomic E-state index is 12.5. The first kappa shape index (κ1) is 21.2. The van der Waals surface area contributed by atoms with Gasteiger partial charge in [0, 0.05) is 31.8 Å². The quantitative estimate of drug-likeness (QED) is 0.352. The topological polar surface area (TPSA) is 32.3 Å². The number of nitrogens with one attached hydrogen (secondary N) is 1. The highest BCUT2D eigenvalue weighted by atomic mass is 32.2. The molecule has 0 aromatic heterocycles. The summed E-state index contributed by atoms with van der Waals surface area (Å²) in [4.78, 5) is 14.7. The molecule has 5 heteroatoms. The third-order valence-corrected chi connectivity index (χ3v) is 7.91. The highest BCUT2D eigenvalue weighted by Gasteiger charge is 2.32. The van der Waals surface area contributed by atoms with Crippen molar-refractivity contribution in [1.82, 2.24) is 10.2 Å². The molecule has 3 nitrogen and oxygen atoms in total. The Hall–Kier alpha value is -0.550. The molecule has 152 valence electrons. The predicted octanol–water partition coefficient (Wildman–Crippen LogP) is 5.30. The number of hydrogen-bond donors (Lipinski definition) is 1. The van der Waals surface area contributed by atoms with E-state index in [1.807, 2.05) is 0 Å². The third-order valence-electron chi connectivity index (χ3n) is 6.51. The molecule has 0 aromatic carbocycles. The minimum Gasteiger partial charge on any atom is -0.371 e. The first-order valence-electron chi connectivity index (χ1n) is 11.1. The van der Waals surface area contributed by atoms with Crippen LogP contribution in [0.4, 0.5) is 0 Å². The van der Waals surface area contributed by atoms with E-state index < -0.39 is 0 Å². The molecule has 2 aliphatic carbocycles. The van der Waals surface area contributed by atoms with Gasteiger partial charge in [0.1, 0.15) is 4.32 Å². The molecule has 0 aromatic rings. The Balaban J connectivity index is 1.23. The van der Waals surface area contributed by atoms with Crippen molar-refractivity contribution in [2.24, 2.45) is 11.8 Å². The van der Waals surface area contributed by atoms with E-state index in [-0.39, 0.29) is 0 Å². The lowest BCUT2D eigenvalue weighted by atomic mass is 9.75. The summed E-state index contributed by atoms with van der Waals surface area (Å²) in [6.45, 7) is 2.96. The molecule has 2 unspecified atom stereocenters. The zero-order valence-electron chi connectivity index (χ0n) is 16.7. The lowest BCUT2D eigenvalue weighted by Gasteiger charge is -2.41. The summed E-state index contributed by atoms with van der Waals surface area (Å²) < 4.78 is 0.891. The Labute approximate surface area is 175 Å². The van der Waals surface area contributed by atoms with Gasteiger partial charge in [-0.05, 0) is 63.2 Å². The van der Waals surface area contributed by atoms with Crippen LogP contribution in [0.2, 0.25) is 0 Å². The zero-order chi connectivity index (χ0) is 18.9. The van der Waals surface area contributed by atoms with Crippen molar-refractivity contribution >= 4 is 34.2 Å². The molecule has 2 fully saturated rings. The molecule has 27 heavy (non-hydrogen) atoms. The van der Waals surface area contributed by atoms with Crippen molar-refractivity contribution in [2.75, 3.05) is 25.4 Å². The molecular weight excluding hydrogens is 372 g/mol. The lowest BCUT2D eigenvalue weighted by Crippen LogP contribution is -2.44. The highest BCUT2D eigenvalue weighted by Crippen LogP contribution is 2.36. The second kappa shape index (κ2) is 11.5. The van der Waals surface area contributed by atoms with E-state index in [0.717, 1.165) is 54.4 Å². The van der Waals surface area contributed by atoms with Crippen LogP contribution in [0.25, 0.3) is 0 Å². The summed E-state index contributed by atoms with van der Waals surface area (Å²) in [7, 11) is 0. The smallest absolute Gasteiger partial charge is 0.222 e. The molecule has 0 radical (unpaired) electrons. The van der Waals surface area contributed by atoms with Gasteiger partial charge in [0.05, 0.1) is 0 Å². The molecule has 2 atom stereocenters. The van der Waals surface area contributed by atoms with Crippen molar-refractivity contribution in [3.05, 3.63) is 11.6 Å². The molecule has 0 bridgehead atoms. The maximum Gasteiger partial charge on any atom is 0.222 e. The maximum atomic E-state index is 12.5. The van der Waals surface area contributed by atoms with E-state index in [9.17, 15) is 4.79 Å². The third kappa shape index (κ3) is 7.08. The molecular formula is C22H36N2OS2. The normalized spacial score (nSPS) is 25.5. The van der Waals surface area contributed by atoms with Gasteiger partial charge in [0.2, 0.25) is 5.91 Å². The second-order valence-electron chi connectivity index (χ2n) is 8.46. The number of amides is 1. The average Bonchev–Trinajstić information content (AvgIpc) is 2.71. The van der Waals surface area contributed by atoms with Crippen LogP contribution in [0.5, 0.6) is 0 Å². The first-order chi connectivity index (χ1) is 13.2. The number of thioether (sulfide) groups is 1. The van der Waals surface area contributed by atoms with Gasteiger partial charge in [-0.3, -0.25) is 4.79 Å². The first-order valence-corrected chi connectivity index (χ1v) is 12.5. The van der Waals surface area contributed by atoms with E-state index in [4.69, 9.17) is 12.2 Å². The molecule has 1 amide bonds. The summed E-state index contributed by atoms with van der Waals surface area (Å²) in [5, 5.41) is 3.37. The Morgan fingerprint density at radius 3 is 2.85 bits per heavy atom. The van der Waals surface area contributed by atoms with Crippen LogP contribution in [0.1, 0.15) is 77.0 Å². The fourth-order valence-corrected chi connectivity index (χ4v) is 5.91. The van der Waals surface area contributed by atoms with Gasteiger partial charge in [0.25, 0.3) is 0 Å². The number of piperidine rings is 1. The van der Waals surface area contributed by atoms with E-state index >= 15 is 0 Å². The number of carbonyl (C=O) groups excluding carboxylic acids is 1. The molecule has 1 N–H and O–H groups in total. The van der Waals surface area contributed by atoms with Gasteiger partial charge in [0.15, 0.2) is 0 Å². The molecule has 3 rings (SSSR count). The summed E-state index contributed by atoms with van der Waals surface area (Å²) >= 11 is 7.13. The molecule has 1 saturated heterocycles. The number of fused-ring (bicyclic) bond motifs is 1. The van der Waals surface area contributed by atoms with Gasteiger partial charge >= 0.3 is 0 Å². The monoisotopic (exact) mass is 408 g/mol. The number of hydrogen-bond acceptors (Lipinski definition) is 3. The Morgan fingerprint density at radius 1 is 1.19 bits per heavy atom. The van der Waals surface area contributed by atoms with E-state index in [1.165, 1.54) is 57.8 Å². The van der Waals surface area contributed by atoms with E-state index in [0.29, 0.717) is 12.3 Å². The van der Waals surface area contributed by atoms with Crippen LogP contribution >= 0.6 is 24.0 Å².